The highest BCUT2D eigenvalue weighted by molar-refractivity contribution is 7.80. The maximum atomic E-state index is 10.4. The number of carboxylic acid groups (broad SMARTS) is 2. The summed E-state index contributed by atoms with van der Waals surface area (Å²) in [6.07, 6.45) is 0.385. The number of hydrogen-bond donors (Lipinski definition) is 5. The molecule has 0 saturated heterocycles. The summed E-state index contributed by atoms with van der Waals surface area (Å²) in [6, 6.07) is 7.73. The number of carbonyl (C=O) groups is 2. The normalized spacial score (nSPS) is 12.8. The summed E-state index contributed by atoms with van der Waals surface area (Å²) < 4.78 is 0. The molecular formula is C12H18N2O4S. The van der Waals surface area contributed by atoms with Crippen molar-refractivity contribution >= 4 is 24.6 Å². The van der Waals surface area contributed by atoms with Gasteiger partial charge in [0.1, 0.15) is 12.1 Å². The second-order valence-electron chi connectivity index (χ2n) is 3.76. The molecule has 1 aromatic rings. The van der Waals surface area contributed by atoms with E-state index in [0.717, 1.165) is 5.56 Å². The van der Waals surface area contributed by atoms with Gasteiger partial charge in [0, 0.05) is 5.75 Å². The van der Waals surface area contributed by atoms with Crippen molar-refractivity contribution in [3.63, 3.8) is 0 Å². The Hall–Kier alpha value is -1.57. The van der Waals surface area contributed by atoms with E-state index in [1.165, 1.54) is 0 Å². The van der Waals surface area contributed by atoms with E-state index in [-0.39, 0.29) is 5.75 Å². The Labute approximate surface area is 116 Å². The van der Waals surface area contributed by atoms with Crippen LogP contribution in [0.25, 0.3) is 0 Å². The highest BCUT2D eigenvalue weighted by Crippen LogP contribution is 2.01. The highest BCUT2D eigenvalue weighted by atomic mass is 32.1. The number of carboxylic acids is 2. The van der Waals surface area contributed by atoms with Gasteiger partial charge in [-0.25, -0.2) is 0 Å². The molecule has 0 heterocycles. The van der Waals surface area contributed by atoms with Crippen LogP contribution in [0.2, 0.25) is 0 Å². The zero-order valence-electron chi connectivity index (χ0n) is 10.3. The Morgan fingerprint density at radius 1 is 1.05 bits per heavy atom. The topological polar surface area (TPSA) is 127 Å². The smallest absolute Gasteiger partial charge is 0.321 e. The Balaban J connectivity index is 0.000000399. The molecule has 7 heteroatoms. The summed E-state index contributed by atoms with van der Waals surface area (Å²) in [5.41, 5.74) is 11.2. The van der Waals surface area contributed by atoms with Crippen LogP contribution in [0.5, 0.6) is 0 Å². The van der Waals surface area contributed by atoms with Gasteiger partial charge in [0.25, 0.3) is 0 Å². The number of benzene rings is 1. The highest BCUT2D eigenvalue weighted by Gasteiger charge is 2.10. The molecule has 0 bridgehead atoms. The summed E-state index contributed by atoms with van der Waals surface area (Å²) in [6.45, 7) is 0. The lowest BCUT2D eigenvalue weighted by atomic mass is 10.1. The zero-order chi connectivity index (χ0) is 14.8. The van der Waals surface area contributed by atoms with Crippen molar-refractivity contribution in [3.8, 4) is 0 Å². The quantitative estimate of drug-likeness (QED) is 0.484. The zero-order valence-corrected chi connectivity index (χ0v) is 11.2. The first-order chi connectivity index (χ1) is 8.88. The van der Waals surface area contributed by atoms with Crippen LogP contribution in [-0.2, 0) is 16.0 Å². The third-order valence-electron chi connectivity index (χ3n) is 2.13. The van der Waals surface area contributed by atoms with E-state index in [2.05, 4.69) is 12.6 Å². The van der Waals surface area contributed by atoms with Crippen molar-refractivity contribution in [3.05, 3.63) is 35.9 Å². The molecule has 2 atom stereocenters. The minimum Gasteiger partial charge on any atom is -0.480 e. The molecule has 1 unspecified atom stereocenters. The van der Waals surface area contributed by atoms with Crippen LogP contribution >= 0.6 is 12.6 Å². The van der Waals surface area contributed by atoms with Crippen LogP contribution in [0, 0.1) is 0 Å². The van der Waals surface area contributed by atoms with E-state index in [0.29, 0.717) is 6.42 Å². The molecule has 106 valence electrons. The third kappa shape index (κ3) is 8.20. The van der Waals surface area contributed by atoms with Gasteiger partial charge in [0.15, 0.2) is 0 Å². The largest absolute Gasteiger partial charge is 0.480 e. The first kappa shape index (κ1) is 17.4. The Morgan fingerprint density at radius 3 is 1.84 bits per heavy atom. The summed E-state index contributed by atoms with van der Waals surface area (Å²) in [5, 5.41) is 16.5. The molecule has 19 heavy (non-hydrogen) atoms. The number of thiol groups is 1. The molecule has 0 radical (unpaired) electrons. The maximum absolute atomic E-state index is 10.4. The average molecular weight is 286 g/mol. The molecule has 0 aromatic heterocycles. The number of hydrogen-bond acceptors (Lipinski definition) is 5. The third-order valence-corrected chi connectivity index (χ3v) is 2.52. The number of rotatable bonds is 5. The Bertz CT molecular complexity index is 400. The molecular weight excluding hydrogens is 268 g/mol. The summed E-state index contributed by atoms with van der Waals surface area (Å²) in [5.74, 6) is -1.77. The van der Waals surface area contributed by atoms with Crippen molar-refractivity contribution in [2.45, 2.75) is 18.5 Å². The molecule has 1 rings (SSSR count). The van der Waals surface area contributed by atoms with E-state index < -0.39 is 24.0 Å². The minimum atomic E-state index is -1.00. The second kappa shape index (κ2) is 9.37. The van der Waals surface area contributed by atoms with E-state index in [4.69, 9.17) is 21.7 Å². The summed E-state index contributed by atoms with van der Waals surface area (Å²) >= 11 is 3.65. The summed E-state index contributed by atoms with van der Waals surface area (Å²) in [7, 11) is 0. The first-order valence-electron chi connectivity index (χ1n) is 5.50. The predicted octanol–water partition coefficient (Wildman–Crippen LogP) is -0.0309. The van der Waals surface area contributed by atoms with E-state index in [1.807, 2.05) is 30.3 Å². The van der Waals surface area contributed by atoms with Gasteiger partial charge < -0.3 is 21.7 Å². The molecule has 0 aliphatic rings. The molecule has 0 aliphatic carbocycles. The van der Waals surface area contributed by atoms with Gasteiger partial charge in [0.2, 0.25) is 0 Å². The standard InChI is InChI=1S/C9H11NO2.C3H7NO2S/c10-8(9(11)12)6-7-4-2-1-3-5-7;4-2(1-7)3(5)6/h1-5,8H,6,10H2,(H,11,12);2,7H,1,4H2,(H,5,6)/t8-;/m0./s1. The van der Waals surface area contributed by atoms with Gasteiger partial charge in [0.05, 0.1) is 0 Å². The Kier molecular flexibility index (Phi) is 8.60. The van der Waals surface area contributed by atoms with Gasteiger partial charge in [-0.1, -0.05) is 30.3 Å². The van der Waals surface area contributed by atoms with E-state index >= 15 is 0 Å². The van der Waals surface area contributed by atoms with Crippen LogP contribution in [0.3, 0.4) is 0 Å². The van der Waals surface area contributed by atoms with Crippen LogP contribution < -0.4 is 11.5 Å². The van der Waals surface area contributed by atoms with Crippen molar-refractivity contribution in [1.82, 2.24) is 0 Å². The van der Waals surface area contributed by atoms with Gasteiger partial charge in [-0.3, -0.25) is 9.59 Å². The van der Waals surface area contributed by atoms with Gasteiger partial charge >= 0.3 is 11.9 Å². The van der Waals surface area contributed by atoms with Crippen LogP contribution in [-0.4, -0.2) is 40.0 Å². The van der Waals surface area contributed by atoms with Gasteiger partial charge in [-0.05, 0) is 12.0 Å². The average Bonchev–Trinajstić information content (AvgIpc) is 2.39. The molecule has 0 amide bonds. The fourth-order valence-corrected chi connectivity index (χ4v) is 1.19. The van der Waals surface area contributed by atoms with Crippen molar-refractivity contribution < 1.29 is 19.8 Å². The SMILES string of the molecule is NC(CS)C(=O)O.N[C@@H](Cc1ccccc1)C(=O)O. The molecule has 0 fully saturated rings. The van der Waals surface area contributed by atoms with Crippen molar-refractivity contribution in [2.24, 2.45) is 11.5 Å². The Morgan fingerprint density at radius 2 is 1.53 bits per heavy atom. The molecule has 6 nitrogen and oxygen atoms in total. The number of nitrogens with two attached hydrogens (primary N) is 2. The molecule has 0 saturated carbocycles. The minimum absolute atomic E-state index is 0.190. The lowest BCUT2D eigenvalue weighted by Crippen LogP contribution is -2.32. The fraction of sp³-hybridized carbons (Fsp3) is 0.333. The van der Waals surface area contributed by atoms with E-state index in [9.17, 15) is 9.59 Å². The van der Waals surface area contributed by atoms with Crippen molar-refractivity contribution in [1.29, 1.82) is 0 Å². The molecule has 1 aromatic carbocycles. The van der Waals surface area contributed by atoms with Crippen molar-refractivity contribution in [2.75, 3.05) is 5.75 Å². The molecule has 0 spiro atoms. The van der Waals surface area contributed by atoms with Crippen LogP contribution in [0.1, 0.15) is 5.56 Å². The predicted molar refractivity (Wildman–Crippen MR) is 75.2 cm³/mol. The fourth-order valence-electron chi connectivity index (χ4n) is 1.03. The van der Waals surface area contributed by atoms with Crippen LogP contribution in [0.15, 0.2) is 30.3 Å². The van der Waals surface area contributed by atoms with E-state index in [1.54, 1.807) is 0 Å². The summed E-state index contributed by atoms with van der Waals surface area (Å²) in [4.78, 5) is 20.1. The number of aliphatic carboxylic acids is 2. The maximum Gasteiger partial charge on any atom is 0.321 e. The van der Waals surface area contributed by atoms with Crippen LogP contribution in [0.4, 0.5) is 0 Å². The lowest BCUT2D eigenvalue weighted by Gasteiger charge is -2.04. The van der Waals surface area contributed by atoms with Gasteiger partial charge in [-0.15, -0.1) is 0 Å². The lowest BCUT2D eigenvalue weighted by molar-refractivity contribution is -0.139. The molecule has 0 aliphatic heterocycles. The van der Waals surface area contributed by atoms with Gasteiger partial charge in [-0.2, -0.15) is 12.6 Å². The second-order valence-corrected chi connectivity index (χ2v) is 4.13. The molecule has 6 N–H and O–H groups in total. The monoisotopic (exact) mass is 286 g/mol. The first-order valence-corrected chi connectivity index (χ1v) is 6.13.